The monoisotopic (exact) mass is 344 g/mol. The molecule has 0 spiro atoms. The first-order valence-corrected chi connectivity index (χ1v) is 6.97. The topological polar surface area (TPSA) is 169 Å². The van der Waals surface area contributed by atoms with Crippen molar-refractivity contribution in [2.75, 3.05) is 25.5 Å². The van der Waals surface area contributed by atoms with E-state index in [1.165, 1.54) is 6.20 Å². The highest BCUT2D eigenvalue weighted by molar-refractivity contribution is 5.35. The molecule has 0 saturated carbocycles. The van der Waals surface area contributed by atoms with Gasteiger partial charge in [-0.3, -0.25) is 4.57 Å². The molecule has 12 heteroatoms. The fourth-order valence-electron chi connectivity index (χ4n) is 2.31. The molecule has 1 aromatic rings. The van der Waals surface area contributed by atoms with Crippen molar-refractivity contribution in [1.29, 1.82) is 0 Å². The zero-order valence-electron chi connectivity index (χ0n) is 12.7. The molecule has 0 aromatic carbocycles. The van der Waals surface area contributed by atoms with E-state index in [1.54, 1.807) is 6.92 Å². The lowest BCUT2D eigenvalue weighted by atomic mass is 10.1. The van der Waals surface area contributed by atoms with E-state index >= 15 is 0 Å². The highest BCUT2D eigenvalue weighted by Crippen LogP contribution is 2.39. The highest BCUT2D eigenvalue weighted by atomic mass is 19.1. The molecule has 1 aliphatic heterocycles. The second-order valence-corrected chi connectivity index (χ2v) is 5.17. The predicted molar refractivity (Wildman–Crippen MR) is 78.5 cm³/mol. The van der Waals surface area contributed by atoms with Gasteiger partial charge in [0.05, 0.1) is 6.61 Å². The summed E-state index contributed by atoms with van der Waals surface area (Å²) in [6, 6.07) is 0. The van der Waals surface area contributed by atoms with Crippen molar-refractivity contribution in [1.82, 2.24) is 9.55 Å². The van der Waals surface area contributed by atoms with Crippen molar-refractivity contribution in [3.63, 3.8) is 0 Å². The smallest absolute Gasteiger partial charge is 0.351 e. The molecule has 24 heavy (non-hydrogen) atoms. The first-order chi connectivity index (χ1) is 11.4. The largest absolute Gasteiger partial charge is 0.391 e. The molecule has 1 fully saturated rings. The zero-order chi connectivity index (χ0) is 17.9. The van der Waals surface area contributed by atoms with Gasteiger partial charge in [-0.1, -0.05) is 5.11 Å². The molecular formula is C12H17FN6O5. The van der Waals surface area contributed by atoms with Crippen LogP contribution in [0.25, 0.3) is 10.4 Å². The lowest BCUT2D eigenvalue weighted by molar-refractivity contribution is -0.280. The van der Waals surface area contributed by atoms with Gasteiger partial charge in [-0.25, -0.2) is 9.18 Å². The van der Waals surface area contributed by atoms with Crippen LogP contribution in [-0.4, -0.2) is 57.6 Å². The number of aromatic nitrogens is 2. The number of azide groups is 1. The number of hydrogen-bond donors (Lipinski definition) is 3. The molecule has 1 aromatic heterocycles. The lowest BCUT2D eigenvalue weighted by Gasteiger charge is -2.29. The van der Waals surface area contributed by atoms with Gasteiger partial charge in [0.15, 0.2) is 12.4 Å². The zero-order valence-corrected chi connectivity index (χ0v) is 12.7. The van der Waals surface area contributed by atoms with Gasteiger partial charge in [0.25, 0.3) is 0 Å². The molecule has 4 atom stereocenters. The van der Waals surface area contributed by atoms with E-state index in [2.05, 4.69) is 15.0 Å². The van der Waals surface area contributed by atoms with E-state index in [4.69, 9.17) is 20.7 Å². The number of ether oxygens (including phenoxy) is 2. The molecule has 0 bridgehead atoms. The van der Waals surface area contributed by atoms with Crippen LogP contribution in [0.1, 0.15) is 11.8 Å². The maximum Gasteiger partial charge on any atom is 0.351 e. The summed E-state index contributed by atoms with van der Waals surface area (Å²) in [5, 5.41) is 22.8. The summed E-state index contributed by atoms with van der Waals surface area (Å²) in [5.41, 5.74) is 13.2. The number of hydrogen-bond acceptors (Lipinski definition) is 8. The Labute approximate surface area is 135 Å². The molecule has 0 aliphatic carbocycles. The fraction of sp³-hybridized carbons (Fsp3) is 0.667. The minimum Gasteiger partial charge on any atom is -0.391 e. The van der Waals surface area contributed by atoms with E-state index < -0.39 is 36.6 Å². The van der Waals surface area contributed by atoms with Gasteiger partial charge >= 0.3 is 5.69 Å². The molecular weight excluding hydrogens is 327 g/mol. The summed E-state index contributed by atoms with van der Waals surface area (Å²) in [7, 11) is 0. The summed E-state index contributed by atoms with van der Waals surface area (Å²) in [6.07, 6.45) is -4.27. The van der Waals surface area contributed by atoms with Crippen molar-refractivity contribution in [2.45, 2.75) is 31.2 Å². The van der Waals surface area contributed by atoms with Gasteiger partial charge in [-0.05, 0) is 12.5 Å². The fourth-order valence-corrected chi connectivity index (χ4v) is 2.31. The van der Waals surface area contributed by atoms with E-state index in [-0.39, 0.29) is 19.0 Å². The van der Waals surface area contributed by atoms with Crippen LogP contribution < -0.4 is 11.4 Å². The van der Waals surface area contributed by atoms with Crippen LogP contribution in [-0.2, 0) is 9.47 Å². The highest BCUT2D eigenvalue weighted by Gasteiger charge is 2.57. The maximum atomic E-state index is 14.5. The van der Waals surface area contributed by atoms with Crippen molar-refractivity contribution in [3.8, 4) is 0 Å². The molecule has 0 amide bonds. The van der Waals surface area contributed by atoms with Crippen LogP contribution in [0.3, 0.4) is 0 Å². The third kappa shape index (κ3) is 3.18. The molecule has 1 saturated heterocycles. The molecule has 4 N–H and O–H groups in total. The average Bonchev–Trinajstić information content (AvgIpc) is 2.81. The number of aliphatic hydroxyl groups is 2. The molecule has 2 heterocycles. The lowest BCUT2D eigenvalue weighted by Crippen LogP contribution is -2.48. The van der Waals surface area contributed by atoms with Crippen LogP contribution >= 0.6 is 0 Å². The number of halogens is 1. The normalized spacial score (nSPS) is 29.4. The SMILES string of the molecule is Cc1cn([C@@H]2O[C@@](CO)(OCCN=[N+]=[N-])[C@@H](O)[C@@H]2F)c(=O)nc1N. The van der Waals surface area contributed by atoms with Crippen molar-refractivity contribution in [3.05, 3.63) is 32.7 Å². The number of alkyl halides is 1. The van der Waals surface area contributed by atoms with Crippen LogP contribution in [0.4, 0.5) is 10.2 Å². The summed E-state index contributed by atoms with van der Waals surface area (Å²) in [5.74, 6) is -2.10. The molecule has 0 radical (unpaired) electrons. The van der Waals surface area contributed by atoms with Crippen LogP contribution in [0, 0.1) is 6.92 Å². The Bertz CT molecular complexity index is 708. The van der Waals surface area contributed by atoms with Gasteiger partial charge < -0.3 is 25.4 Å². The Kier molecular flexibility index (Phi) is 5.36. The first-order valence-electron chi connectivity index (χ1n) is 6.97. The summed E-state index contributed by atoms with van der Waals surface area (Å²) in [6.45, 7) is 0.345. The second kappa shape index (κ2) is 7.11. The number of rotatable bonds is 6. The van der Waals surface area contributed by atoms with Gasteiger partial charge in [-0.15, -0.1) is 0 Å². The molecule has 0 unspecified atom stereocenters. The van der Waals surface area contributed by atoms with E-state index in [9.17, 15) is 19.4 Å². The van der Waals surface area contributed by atoms with Crippen molar-refractivity contribution < 1.29 is 24.1 Å². The summed E-state index contributed by atoms with van der Waals surface area (Å²) >= 11 is 0. The van der Waals surface area contributed by atoms with Crippen LogP contribution in [0.5, 0.6) is 0 Å². The Morgan fingerprint density at radius 3 is 3.04 bits per heavy atom. The number of aryl methyl sites for hydroxylation is 1. The quantitative estimate of drug-likeness (QED) is 0.267. The van der Waals surface area contributed by atoms with Crippen LogP contribution in [0.2, 0.25) is 0 Å². The minimum atomic E-state index is -2.09. The Balaban J connectivity index is 2.29. The Hall–Kier alpha value is -2.24. The van der Waals surface area contributed by atoms with Gasteiger partial charge in [0.2, 0.25) is 5.79 Å². The molecule has 2 rings (SSSR count). The standard InChI is InChI=1S/C12H17FN6O5/c1-6-4-19(11(22)17-9(6)14)10-7(13)8(21)12(5-20,24-10)23-3-2-16-18-15/h4,7-8,10,20-21H,2-3,5H2,1H3,(H2,14,17,22)/t7-,8-,10+,12+/m0/s1. The van der Waals surface area contributed by atoms with Crippen molar-refractivity contribution >= 4 is 5.82 Å². The predicted octanol–water partition coefficient (Wildman–Crippen LogP) is -0.623. The minimum absolute atomic E-state index is 0.00996. The number of aliphatic hydroxyl groups excluding tert-OH is 2. The van der Waals surface area contributed by atoms with Crippen LogP contribution in [0.15, 0.2) is 16.1 Å². The van der Waals surface area contributed by atoms with E-state index in [1.807, 2.05) is 0 Å². The summed E-state index contributed by atoms with van der Waals surface area (Å²) in [4.78, 5) is 18.0. The molecule has 132 valence electrons. The molecule has 1 aliphatic rings. The van der Waals surface area contributed by atoms with Gasteiger partial charge in [0.1, 0.15) is 18.5 Å². The van der Waals surface area contributed by atoms with Gasteiger partial charge in [-0.2, -0.15) is 4.98 Å². The van der Waals surface area contributed by atoms with Crippen molar-refractivity contribution in [2.24, 2.45) is 5.11 Å². The second-order valence-electron chi connectivity index (χ2n) is 5.17. The number of anilines is 1. The van der Waals surface area contributed by atoms with E-state index in [0.717, 1.165) is 4.57 Å². The van der Waals surface area contributed by atoms with E-state index in [0.29, 0.717) is 5.56 Å². The third-order valence-corrected chi connectivity index (χ3v) is 3.61. The number of nitrogens with two attached hydrogens (primary N) is 1. The number of nitrogens with zero attached hydrogens (tertiary/aromatic N) is 5. The first kappa shape index (κ1) is 18.1. The number of nitrogen functional groups attached to an aromatic ring is 1. The average molecular weight is 344 g/mol. The Morgan fingerprint density at radius 1 is 1.71 bits per heavy atom. The molecule has 11 nitrogen and oxygen atoms in total. The summed E-state index contributed by atoms with van der Waals surface area (Å²) < 4.78 is 25.8. The van der Waals surface area contributed by atoms with Gasteiger partial charge in [0, 0.05) is 23.2 Å². The maximum absolute atomic E-state index is 14.5. The third-order valence-electron chi connectivity index (χ3n) is 3.61. The Morgan fingerprint density at radius 2 is 2.42 bits per heavy atom.